The SMILES string of the molecule is CNC1CCCN(c2ccccc2I)C1. The van der Waals surface area contributed by atoms with Crippen LogP contribution in [-0.4, -0.2) is 26.2 Å². The third kappa shape index (κ3) is 2.64. The van der Waals surface area contributed by atoms with Gasteiger partial charge in [0.25, 0.3) is 0 Å². The summed E-state index contributed by atoms with van der Waals surface area (Å²) in [6, 6.07) is 9.28. The quantitative estimate of drug-likeness (QED) is 0.844. The van der Waals surface area contributed by atoms with Crippen LogP contribution in [0.25, 0.3) is 0 Å². The Morgan fingerprint density at radius 3 is 2.93 bits per heavy atom. The number of rotatable bonds is 2. The lowest BCUT2D eigenvalue weighted by molar-refractivity contribution is 0.449. The molecule has 15 heavy (non-hydrogen) atoms. The zero-order valence-electron chi connectivity index (χ0n) is 9.04. The monoisotopic (exact) mass is 316 g/mol. The van der Waals surface area contributed by atoms with Crippen LogP contribution in [0.2, 0.25) is 0 Å². The summed E-state index contributed by atoms with van der Waals surface area (Å²) in [5, 5.41) is 3.38. The van der Waals surface area contributed by atoms with E-state index in [0.29, 0.717) is 6.04 Å². The van der Waals surface area contributed by atoms with Crippen molar-refractivity contribution in [3.8, 4) is 0 Å². The molecule has 0 bridgehead atoms. The van der Waals surface area contributed by atoms with Gasteiger partial charge in [0.1, 0.15) is 0 Å². The van der Waals surface area contributed by atoms with E-state index in [0.717, 1.165) is 6.54 Å². The van der Waals surface area contributed by atoms with Crippen molar-refractivity contribution in [2.45, 2.75) is 18.9 Å². The summed E-state index contributed by atoms with van der Waals surface area (Å²) < 4.78 is 1.35. The predicted octanol–water partition coefficient (Wildman–Crippen LogP) is 2.48. The highest BCUT2D eigenvalue weighted by molar-refractivity contribution is 14.1. The summed E-state index contributed by atoms with van der Waals surface area (Å²) in [6.45, 7) is 2.33. The van der Waals surface area contributed by atoms with Crippen LogP contribution >= 0.6 is 22.6 Å². The fourth-order valence-corrected chi connectivity index (χ4v) is 2.87. The molecule has 1 fully saturated rings. The van der Waals surface area contributed by atoms with Crippen molar-refractivity contribution in [3.05, 3.63) is 27.8 Å². The van der Waals surface area contributed by atoms with Crippen molar-refractivity contribution in [2.75, 3.05) is 25.0 Å². The summed E-state index contributed by atoms with van der Waals surface area (Å²) in [7, 11) is 2.06. The zero-order chi connectivity index (χ0) is 10.7. The molecule has 82 valence electrons. The van der Waals surface area contributed by atoms with E-state index in [1.165, 1.54) is 28.6 Å². The second kappa shape index (κ2) is 5.16. The van der Waals surface area contributed by atoms with Gasteiger partial charge in [-0.15, -0.1) is 0 Å². The summed E-state index contributed by atoms with van der Waals surface area (Å²) in [6.07, 6.45) is 2.59. The van der Waals surface area contributed by atoms with Crippen molar-refractivity contribution >= 4 is 28.3 Å². The summed E-state index contributed by atoms with van der Waals surface area (Å²) in [5.41, 5.74) is 1.39. The fraction of sp³-hybridized carbons (Fsp3) is 0.500. The molecule has 3 heteroatoms. The molecule has 1 N–H and O–H groups in total. The Morgan fingerprint density at radius 2 is 2.20 bits per heavy atom. The van der Waals surface area contributed by atoms with E-state index in [9.17, 15) is 0 Å². The highest BCUT2D eigenvalue weighted by atomic mass is 127. The number of halogens is 1. The molecule has 1 atom stereocenters. The number of benzene rings is 1. The molecule has 1 aliphatic heterocycles. The van der Waals surface area contributed by atoms with Gasteiger partial charge >= 0.3 is 0 Å². The van der Waals surface area contributed by atoms with E-state index in [4.69, 9.17) is 0 Å². The predicted molar refractivity (Wildman–Crippen MR) is 73.5 cm³/mol. The molecule has 0 saturated carbocycles. The van der Waals surface area contributed by atoms with Crippen molar-refractivity contribution in [3.63, 3.8) is 0 Å². The molecular weight excluding hydrogens is 299 g/mol. The minimum absolute atomic E-state index is 0.648. The van der Waals surface area contributed by atoms with Crippen LogP contribution in [0.15, 0.2) is 24.3 Å². The fourth-order valence-electron chi connectivity index (χ4n) is 2.14. The zero-order valence-corrected chi connectivity index (χ0v) is 11.2. The summed E-state index contributed by atoms with van der Waals surface area (Å²) >= 11 is 2.42. The van der Waals surface area contributed by atoms with E-state index >= 15 is 0 Å². The van der Waals surface area contributed by atoms with Gasteiger partial charge in [-0.05, 0) is 54.6 Å². The number of nitrogens with zero attached hydrogens (tertiary/aromatic N) is 1. The van der Waals surface area contributed by atoms with Crippen molar-refractivity contribution in [1.29, 1.82) is 0 Å². The van der Waals surface area contributed by atoms with Crippen LogP contribution in [-0.2, 0) is 0 Å². The molecule has 2 rings (SSSR count). The van der Waals surface area contributed by atoms with Gasteiger partial charge in [-0.2, -0.15) is 0 Å². The first-order chi connectivity index (χ1) is 7.31. The molecule has 0 aliphatic carbocycles. The normalized spacial score (nSPS) is 21.7. The Bertz CT molecular complexity index is 327. The maximum absolute atomic E-state index is 3.38. The van der Waals surface area contributed by atoms with E-state index in [1.54, 1.807) is 0 Å². The maximum Gasteiger partial charge on any atom is 0.0502 e. The van der Waals surface area contributed by atoms with Gasteiger partial charge in [0, 0.05) is 22.7 Å². The average Bonchev–Trinajstić information content (AvgIpc) is 2.30. The molecule has 0 amide bonds. The maximum atomic E-state index is 3.38. The van der Waals surface area contributed by atoms with Crippen LogP contribution in [0.3, 0.4) is 0 Å². The molecule has 1 unspecified atom stereocenters. The lowest BCUT2D eigenvalue weighted by Crippen LogP contribution is -2.44. The smallest absolute Gasteiger partial charge is 0.0502 e. The lowest BCUT2D eigenvalue weighted by Gasteiger charge is -2.34. The van der Waals surface area contributed by atoms with Crippen LogP contribution in [0.5, 0.6) is 0 Å². The van der Waals surface area contributed by atoms with Crippen molar-refractivity contribution in [1.82, 2.24) is 5.32 Å². The average molecular weight is 316 g/mol. The molecule has 1 heterocycles. The third-order valence-corrected chi connectivity index (χ3v) is 3.93. The highest BCUT2D eigenvalue weighted by Gasteiger charge is 2.19. The molecule has 0 aromatic heterocycles. The van der Waals surface area contributed by atoms with Crippen molar-refractivity contribution < 1.29 is 0 Å². The van der Waals surface area contributed by atoms with Gasteiger partial charge in [-0.3, -0.25) is 0 Å². The Balaban J connectivity index is 2.13. The first-order valence-corrected chi connectivity index (χ1v) is 6.56. The topological polar surface area (TPSA) is 15.3 Å². The number of para-hydroxylation sites is 1. The number of likely N-dealkylation sites (N-methyl/N-ethyl adjacent to an activating group) is 1. The first kappa shape index (κ1) is 11.2. The Hall–Kier alpha value is -0.290. The molecule has 1 aromatic carbocycles. The number of nitrogens with one attached hydrogen (secondary N) is 1. The van der Waals surface area contributed by atoms with E-state index in [1.807, 2.05) is 0 Å². The third-order valence-electron chi connectivity index (χ3n) is 3.02. The molecule has 0 spiro atoms. The number of hydrogen-bond acceptors (Lipinski definition) is 2. The van der Waals surface area contributed by atoms with Gasteiger partial charge in [0.2, 0.25) is 0 Å². The highest BCUT2D eigenvalue weighted by Crippen LogP contribution is 2.25. The second-order valence-electron chi connectivity index (χ2n) is 4.03. The largest absolute Gasteiger partial charge is 0.369 e. The minimum Gasteiger partial charge on any atom is -0.369 e. The van der Waals surface area contributed by atoms with Gasteiger partial charge in [-0.1, -0.05) is 12.1 Å². The number of hydrogen-bond donors (Lipinski definition) is 1. The van der Waals surface area contributed by atoms with E-state index in [-0.39, 0.29) is 0 Å². The Kier molecular flexibility index (Phi) is 3.86. The Morgan fingerprint density at radius 1 is 1.40 bits per heavy atom. The number of piperidine rings is 1. The number of anilines is 1. The Labute approximate surface area is 105 Å². The van der Waals surface area contributed by atoms with Crippen LogP contribution in [0.4, 0.5) is 5.69 Å². The van der Waals surface area contributed by atoms with Gasteiger partial charge in [-0.25, -0.2) is 0 Å². The minimum atomic E-state index is 0.648. The van der Waals surface area contributed by atoms with Gasteiger partial charge in [0.05, 0.1) is 5.69 Å². The van der Waals surface area contributed by atoms with Crippen LogP contribution < -0.4 is 10.2 Å². The van der Waals surface area contributed by atoms with Crippen LogP contribution in [0, 0.1) is 3.57 Å². The molecular formula is C12H17IN2. The second-order valence-corrected chi connectivity index (χ2v) is 5.19. The summed E-state index contributed by atoms with van der Waals surface area (Å²) in [5.74, 6) is 0. The van der Waals surface area contributed by atoms with E-state index < -0.39 is 0 Å². The molecule has 1 saturated heterocycles. The van der Waals surface area contributed by atoms with E-state index in [2.05, 4.69) is 64.1 Å². The van der Waals surface area contributed by atoms with Gasteiger partial charge in [0.15, 0.2) is 0 Å². The van der Waals surface area contributed by atoms with Crippen LogP contribution in [0.1, 0.15) is 12.8 Å². The first-order valence-electron chi connectivity index (χ1n) is 5.48. The van der Waals surface area contributed by atoms with Crippen molar-refractivity contribution in [2.24, 2.45) is 0 Å². The molecule has 1 aromatic rings. The molecule has 2 nitrogen and oxygen atoms in total. The lowest BCUT2D eigenvalue weighted by atomic mass is 10.1. The standard InChI is InChI=1S/C12H17IN2/c1-14-10-5-4-8-15(9-10)12-7-3-2-6-11(12)13/h2-3,6-7,10,14H,4-5,8-9H2,1H3. The summed E-state index contributed by atoms with van der Waals surface area (Å²) in [4.78, 5) is 2.49. The molecule has 0 radical (unpaired) electrons. The molecule has 1 aliphatic rings. The van der Waals surface area contributed by atoms with Gasteiger partial charge < -0.3 is 10.2 Å².